The summed E-state index contributed by atoms with van der Waals surface area (Å²) in [6.07, 6.45) is 2.67. The Morgan fingerprint density at radius 3 is 2.50 bits per heavy atom. The molecule has 1 heterocycles. The fourth-order valence-corrected chi connectivity index (χ4v) is 2.54. The van der Waals surface area contributed by atoms with Crippen LogP contribution in [-0.2, 0) is 4.79 Å². The summed E-state index contributed by atoms with van der Waals surface area (Å²) in [7, 11) is 0. The molecule has 0 bridgehead atoms. The molecule has 3 atom stereocenters. The van der Waals surface area contributed by atoms with Crippen molar-refractivity contribution in [2.75, 3.05) is 13.1 Å². The second-order valence-electron chi connectivity index (χ2n) is 4.95. The van der Waals surface area contributed by atoms with Crippen molar-refractivity contribution in [3.8, 4) is 0 Å². The normalized spacial score (nSPS) is 35.9. The molecule has 2 aliphatic rings. The van der Waals surface area contributed by atoms with Crippen molar-refractivity contribution >= 4 is 5.97 Å². The predicted molar refractivity (Wildman–Crippen MR) is 54.0 cm³/mol. The SMILES string of the molecule is CC(C1CC1)N1C[C@@H](C)[C@H](C(=O)O)C1. The monoisotopic (exact) mass is 197 g/mol. The number of hydrogen-bond donors (Lipinski definition) is 1. The lowest BCUT2D eigenvalue weighted by molar-refractivity contribution is -0.142. The summed E-state index contributed by atoms with van der Waals surface area (Å²) in [5.74, 6) is 0.391. The highest BCUT2D eigenvalue weighted by molar-refractivity contribution is 5.71. The summed E-state index contributed by atoms with van der Waals surface area (Å²) in [6, 6.07) is 0.599. The first kappa shape index (κ1) is 9.97. The number of carbonyl (C=O) groups is 1. The third-order valence-corrected chi connectivity index (χ3v) is 3.84. The van der Waals surface area contributed by atoms with Gasteiger partial charge in [-0.3, -0.25) is 9.69 Å². The molecular formula is C11H19NO2. The molecule has 2 fully saturated rings. The molecule has 1 saturated heterocycles. The molecular weight excluding hydrogens is 178 g/mol. The van der Waals surface area contributed by atoms with Gasteiger partial charge in [0.05, 0.1) is 5.92 Å². The van der Waals surface area contributed by atoms with Gasteiger partial charge in [-0.05, 0) is 31.6 Å². The Labute approximate surface area is 85.1 Å². The molecule has 1 aliphatic carbocycles. The zero-order chi connectivity index (χ0) is 10.3. The van der Waals surface area contributed by atoms with Crippen molar-refractivity contribution in [2.24, 2.45) is 17.8 Å². The molecule has 0 spiro atoms. The minimum atomic E-state index is -0.622. The summed E-state index contributed by atoms with van der Waals surface area (Å²) in [5.41, 5.74) is 0. The third kappa shape index (κ3) is 1.78. The highest BCUT2D eigenvalue weighted by Gasteiger charge is 2.40. The average Bonchev–Trinajstić information content (AvgIpc) is 2.88. The molecule has 1 N–H and O–H groups in total. The molecule has 0 aromatic carbocycles. The van der Waals surface area contributed by atoms with Crippen molar-refractivity contribution in [1.82, 2.24) is 4.90 Å². The first-order valence-electron chi connectivity index (χ1n) is 5.56. The quantitative estimate of drug-likeness (QED) is 0.744. The second-order valence-corrected chi connectivity index (χ2v) is 4.95. The third-order valence-electron chi connectivity index (χ3n) is 3.84. The van der Waals surface area contributed by atoms with Gasteiger partial charge in [0.25, 0.3) is 0 Å². The molecule has 0 radical (unpaired) electrons. The van der Waals surface area contributed by atoms with Crippen molar-refractivity contribution < 1.29 is 9.90 Å². The van der Waals surface area contributed by atoms with Gasteiger partial charge in [0.15, 0.2) is 0 Å². The predicted octanol–water partition coefficient (Wildman–Crippen LogP) is 1.44. The van der Waals surface area contributed by atoms with E-state index in [0.717, 1.165) is 19.0 Å². The molecule has 2 rings (SSSR count). The van der Waals surface area contributed by atoms with Crippen LogP contribution in [0.3, 0.4) is 0 Å². The lowest BCUT2D eigenvalue weighted by atomic mass is 9.99. The maximum Gasteiger partial charge on any atom is 0.308 e. The van der Waals surface area contributed by atoms with Crippen molar-refractivity contribution in [1.29, 1.82) is 0 Å². The standard InChI is InChI=1S/C11H19NO2/c1-7-5-12(6-10(7)11(13)14)8(2)9-3-4-9/h7-10H,3-6H2,1-2H3,(H,13,14)/t7-,8?,10-/m1/s1. The minimum Gasteiger partial charge on any atom is -0.481 e. The van der Waals surface area contributed by atoms with E-state index in [1.165, 1.54) is 12.8 Å². The highest BCUT2D eigenvalue weighted by Crippen LogP contribution is 2.37. The Morgan fingerprint density at radius 1 is 1.43 bits per heavy atom. The highest BCUT2D eigenvalue weighted by atomic mass is 16.4. The van der Waals surface area contributed by atoms with Gasteiger partial charge in [0.2, 0.25) is 0 Å². The number of hydrogen-bond acceptors (Lipinski definition) is 2. The molecule has 0 aromatic heterocycles. The number of aliphatic carboxylic acids is 1. The molecule has 80 valence electrons. The number of carboxylic acid groups (broad SMARTS) is 1. The first-order chi connectivity index (χ1) is 6.59. The molecule has 1 unspecified atom stereocenters. The van der Waals surface area contributed by atoms with Gasteiger partial charge >= 0.3 is 5.97 Å². The van der Waals surface area contributed by atoms with E-state index in [9.17, 15) is 4.79 Å². The van der Waals surface area contributed by atoms with Gasteiger partial charge in [-0.15, -0.1) is 0 Å². The van der Waals surface area contributed by atoms with E-state index in [1.54, 1.807) is 0 Å². The summed E-state index contributed by atoms with van der Waals surface area (Å²) in [5, 5.41) is 9.01. The van der Waals surface area contributed by atoms with Crippen LogP contribution in [0.1, 0.15) is 26.7 Å². The number of likely N-dealkylation sites (tertiary alicyclic amines) is 1. The average molecular weight is 197 g/mol. The fraction of sp³-hybridized carbons (Fsp3) is 0.909. The summed E-state index contributed by atoms with van der Waals surface area (Å²) in [4.78, 5) is 13.3. The minimum absolute atomic E-state index is 0.142. The van der Waals surface area contributed by atoms with Crippen LogP contribution in [0.5, 0.6) is 0 Å². The molecule has 0 amide bonds. The molecule has 0 aromatic rings. The Bertz CT molecular complexity index is 237. The zero-order valence-corrected chi connectivity index (χ0v) is 8.94. The van der Waals surface area contributed by atoms with Gasteiger partial charge in [-0.2, -0.15) is 0 Å². The maximum absolute atomic E-state index is 10.9. The Hall–Kier alpha value is -0.570. The summed E-state index contributed by atoms with van der Waals surface area (Å²) < 4.78 is 0. The van der Waals surface area contributed by atoms with Crippen molar-refractivity contribution in [3.63, 3.8) is 0 Å². The van der Waals surface area contributed by atoms with Crippen LogP contribution in [0.25, 0.3) is 0 Å². The summed E-state index contributed by atoms with van der Waals surface area (Å²) >= 11 is 0. The zero-order valence-electron chi connectivity index (χ0n) is 8.94. The number of rotatable bonds is 3. The fourth-order valence-electron chi connectivity index (χ4n) is 2.54. The van der Waals surface area contributed by atoms with E-state index in [-0.39, 0.29) is 5.92 Å². The molecule has 14 heavy (non-hydrogen) atoms. The van der Waals surface area contributed by atoms with Crippen LogP contribution in [0.15, 0.2) is 0 Å². The van der Waals surface area contributed by atoms with Crippen LogP contribution < -0.4 is 0 Å². The van der Waals surface area contributed by atoms with Gasteiger partial charge in [-0.25, -0.2) is 0 Å². The molecule has 3 heteroatoms. The first-order valence-corrected chi connectivity index (χ1v) is 5.56. The van der Waals surface area contributed by atoms with Crippen molar-refractivity contribution in [3.05, 3.63) is 0 Å². The Kier molecular flexibility index (Phi) is 2.52. The van der Waals surface area contributed by atoms with Gasteiger partial charge in [0, 0.05) is 19.1 Å². The Balaban J connectivity index is 1.94. The summed E-state index contributed by atoms with van der Waals surface area (Å²) in [6.45, 7) is 6.02. The Morgan fingerprint density at radius 2 is 2.07 bits per heavy atom. The van der Waals surface area contributed by atoms with E-state index in [4.69, 9.17) is 5.11 Å². The smallest absolute Gasteiger partial charge is 0.308 e. The van der Waals surface area contributed by atoms with E-state index >= 15 is 0 Å². The van der Waals surface area contributed by atoms with Gasteiger partial charge in [0.1, 0.15) is 0 Å². The maximum atomic E-state index is 10.9. The van der Waals surface area contributed by atoms with Crippen LogP contribution >= 0.6 is 0 Å². The molecule has 3 nitrogen and oxygen atoms in total. The van der Waals surface area contributed by atoms with Crippen LogP contribution in [0.2, 0.25) is 0 Å². The van der Waals surface area contributed by atoms with E-state index < -0.39 is 5.97 Å². The van der Waals surface area contributed by atoms with E-state index in [2.05, 4.69) is 18.7 Å². The topological polar surface area (TPSA) is 40.5 Å². The second kappa shape index (κ2) is 3.54. The van der Waals surface area contributed by atoms with E-state index in [1.807, 2.05) is 0 Å². The van der Waals surface area contributed by atoms with Crippen LogP contribution in [-0.4, -0.2) is 35.1 Å². The van der Waals surface area contributed by atoms with Gasteiger partial charge < -0.3 is 5.11 Å². The van der Waals surface area contributed by atoms with Crippen LogP contribution in [0, 0.1) is 17.8 Å². The largest absolute Gasteiger partial charge is 0.481 e. The molecule has 1 aliphatic heterocycles. The molecule has 1 saturated carbocycles. The van der Waals surface area contributed by atoms with Crippen LogP contribution in [0.4, 0.5) is 0 Å². The number of nitrogens with zero attached hydrogens (tertiary/aromatic N) is 1. The lowest BCUT2D eigenvalue weighted by Crippen LogP contribution is -2.33. The van der Waals surface area contributed by atoms with Gasteiger partial charge in [-0.1, -0.05) is 6.92 Å². The van der Waals surface area contributed by atoms with E-state index in [0.29, 0.717) is 12.0 Å². The lowest BCUT2D eigenvalue weighted by Gasteiger charge is -2.23. The van der Waals surface area contributed by atoms with Crippen molar-refractivity contribution in [2.45, 2.75) is 32.7 Å². The number of carboxylic acids is 1.